The fraction of sp³-hybridized carbons (Fsp3) is 0.500. The predicted octanol–water partition coefficient (Wildman–Crippen LogP) is 1.67. The van der Waals surface area contributed by atoms with Gasteiger partial charge in [-0.2, -0.15) is 0 Å². The normalized spacial score (nSPS) is 11.2. The maximum atomic E-state index is 11.3. The largest absolute Gasteiger partial charge is 0.359 e. The van der Waals surface area contributed by atoms with Gasteiger partial charge in [0, 0.05) is 19.4 Å². The number of pyridine rings is 1. The van der Waals surface area contributed by atoms with E-state index in [9.17, 15) is 4.79 Å². The molecule has 1 aromatic rings. The van der Waals surface area contributed by atoms with Crippen LogP contribution in [0, 0.1) is 0 Å². The van der Waals surface area contributed by atoms with Crippen LogP contribution in [0.2, 0.25) is 0 Å². The Balaban J connectivity index is 3.02. The van der Waals surface area contributed by atoms with Crippen molar-refractivity contribution in [1.29, 1.82) is 0 Å². The summed E-state index contributed by atoms with van der Waals surface area (Å²) in [5.41, 5.74) is 2.21. The van der Waals surface area contributed by atoms with Gasteiger partial charge in [-0.25, -0.2) is 0 Å². The van der Waals surface area contributed by atoms with Crippen molar-refractivity contribution in [3.05, 3.63) is 29.6 Å². The lowest BCUT2D eigenvalue weighted by Gasteiger charge is -2.21. The van der Waals surface area contributed by atoms with Crippen molar-refractivity contribution in [3.63, 3.8) is 0 Å². The van der Waals surface area contributed by atoms with Gasteiger partial charge in [-0.15, -0.1) is 0 Å². The molecule has 1 amide bonds. The molecule has 15 heavy (non-hydrogen) atoms. The van der Waals surface area contributed by atoms with E-state index in [2.05, 4.69) is 31.1 Å². The van der Waals surface area contributed by atoms with Crippen LogP contribution >= 0.6 is 0 Å². The van der Waals surface area contributed by atoms with Crippen LogP contribution in [0.1, 0.15) is 31.9 Å². The summed E-state index contributed by atoms with van der Waals surface area (Å²) < 4.78 is 0. The minimum atomic E-state index is 0.0254. The Hall–Kier alpha value is -1.38. The van der Waals surface area contributed by atoms with E-state index in [-0.39, 0.29) is 11.3 Å². The van der Waals surface area contributed by atoms with Gasteiger partial charge in [-0.1, -0.05) is 20.8 Å². The van der Waals surface area contributed by atoms with Gasteiger partial charge >= 0.3 is 0 Å². The van der Waals surface area contributed by atoms with Crippen LogP contribution in [0.15, 0.2) is 18.5 Å². The molecule has 0 fully saturated rings. The molecule has 0 radical (unpaired) electrons. The van der Waals surface area contributed by atoms with Crippen LogP contribution in [-0.2, 0) is 16.6 Å². The maximum absolute atomic E-state index is 11.3. The average Bonchev–Trinajstić information content (AvgIpc) is 2.17. The average molecular weight is 206 g/mol. The Morgan fingerprint density at radius 1 is 1.47 bits per heavy atom. The van der Waals surface area contributed by atoms with E-state index in [1.807, 2.05) is 12.3 Å². The molecule has 0 saturated heterocycles. The lowest BCUT2D eigenvalue weighted by Crippen LogP contribution is -2.23. The van der Waals surface area contributed by atoms with E-state index in [0.29, 0.717) is 6.42 Å². The Kier molecular flexibility index (Phi) is 3.45. The first-order valence-corrected chi connectivity index (χ1v) is 5.09. The topological polar surface area (TPSA) is 42.0 Å². The number of hydrogen-bond acceptors (Lipinski definition) is 2. The van der Waals surface area contributed by atoms with E-state index in [1.165, 1.54) is 0 Å². The smallest absolute Gasteiger partial charge is 0.224 e. The first-order valence-electron chi connectivity index (χ1n) is 5.09. The van der Waals surface area contributed by atoms with Gasteiger partial charge in [0.2, 0.25) is 5.91 Å². The second-order valence-corrected chi connectivity index (χ2v) is 4.63. The van der Waals surface area contributed by atoms with Crippen LogP contribution in [0.25, 0.3) is 0 Å². The Morgan fingerprint density at radius 3 is 2.67 bits per heavy atom. The van der Waals surface area contributed by atoms with Gasteiger partial charge in [0.15, 0.2) is 0 Å². The van der Waals surface area contributed by atoms with Crippen molar-refractivity contribution in [3.8, 4) is 0 Å². The fourth-order valence-electron chi connectivity index (χ4n) is 1.51. The van der Waals surface area contributed by atoms with Crippen LogP contribution in [-0.4, -0.2) is 17.9 Å². The molecule has 82 valence electrons. The van der Waals surface area contributed by atoms with Crippen LogP contribution in [0.3, 0.4) is 0 Å². The number of aromatic nitrogens is 1. The lowest BCUT2D eigenvalue weighted by molar-refractivity contribution is -0.119. The summed E-state index contributed by atoms with van der Waals surface area (Å²) in [5, 5.41) is 2.63. The van der Waals surface area contributed by atoms with Crippen molar-refractivity contribution < 1.29 is 4.79 Å². The van der Waals surface area contributed by atoms with Crippen LogP contribution < -0.4 is 5.32 Å². The van der Waals surface area contributed by atoms with Gasteiger partial charge in [-0.05, 0) is 22.6 Å². The number of amides is 1. The van der Waals surface area contributed by atoms with Gasteiger partial charge in [-0.3, -0.25) is 9.78 Å². The molecule has 0 spiro atoms. The van der Waals surface area contributed by atoms with Gasteiger partial charge in [0.05, 0.1) is 6.42 Å². The third-order valence-corrected chi connectivity index (χ3v) is 2.35. The Labute approximate surface area is 90.9 Å². The number of hydrogen-bond donors (Lipinski definition) is 1. The lowest BCUT2D eigenvalue weighted by atomic mass is 9.84. The zero-order chi connectivity index (χ0) is 11.5. The Morgan fingerprint density at radius 2 is 2.13 bits per heavy atom. The number of carbonyl (C=O) groups excluding carboxylic acids is 1. The molecule has 1 N–H and O–H groups in total. The first-order chi connectivity index (χ1) is 6.95. The monoisotopic (exact) mass is 206 g/mol. The number of nitrogens with one attached hydrogen (secondary N) is 1. The van der Waals surface area contributed by atoms with Crippen molar-refractivity contribution in [2.45, 2.75) is 32.6 Å². The van der Waals surface area contributed by atoms with Crippen molar-refractivity contribution in [2.75, 3.05) is 7.05 Å². The summed E-state index contributed by atoms with van der Waals surface area (Å²) >= 11 is 0. The standard InChI is InChI=1S/C12H18N2O/c1-12(2,3)10-8-14-6-5-9(10)7-11(15)13-4/h5-6,8H,7H2,1-4H3,(H,13,15). The third-order valence-electron chi connectivity index (χ3n) is 2.35. The quantitative estimate of drug-likeness (QED) is 0.799. The molecule has 0 aromatic carbocycles. The summed E-state index contributed by atoms with van der Waals surface area (Å²) in [4.78, 5) is 15.4. The predicted molar refractivity (Wildman–Crippen MR) is 60.7 cm³/mol. The highest BCUT2D eigenvalue weighted by Crippen LogP contribution is 2.25. The van der Waals surface area contributed by atoms with E-state index >= 15 is 0 Å². The van der Waals surface area contributed by atoms with Crippen LogP contribution in [0.4, 0.5) is 0 Å². The van der Waals surface area contributed by atoms with Gasteiger partial charge in [0.25, 0.3) is 0 Å². The molecule has 0 aliphatic carbocycles. The number of likely N-dealkylation sites (N-methyl/N-ethyl adjacent to an activating group) is 1. The zero-order valence-corrected chi connectivity index (χ0v) is 9.79. The van der Waals surface area contributed by atoms with Crippen molar-refractivity contribution in [2.24, 2.45) is 0 Å². The molecule has 0 atom stereocenters. The molecule has 0 bridgehead atoms. The highest BCUT2D eigenvalue weighted by molar-refractivity contribution is 5.78. The molecule has 0 aliphatic rings. The number of nitrogens with zero attached hydrogens (tertiary/aromatic N) is 1. The molecule has 0 aliphatic heterocycles. The number of rotatable bonds is 2. The summed E-state index contributed by atoms with van der Waals surface area (Å²) in [7, 11) is 1.65. The summed E-state index contributed by atoms with van der Waals surface area (Å²) in [5.74, 6) is 0.0340. The SMILES string of the molecule is CNC(=O)Cc1ccncc1C(C)(C)C. The number of carbonyl (C=O) groups is 1. The van der Waals surface area contributed by atoms with Gasteiger partial charge in [0.1, 0.15) is 0 Å². The van der Waals surface area contributed by atoms with E-state index in [1.54, 1.807) is 13.2 Å². The van der Waals surface area contributed by atoms with E-state index < -0.39 is 0 Å². The second-order valence-electron chi connectivity index (χ2n) is 4.63. The highest BCUT2D eigenvalue weighted by atomic mass is 16.1. The van der Waals surface area contributed by atoms with Crippen molar-refractivity contribution >= 4 is 5.91 Å². The molecule has 3 nitrogen and oxygen atoms in total. The minimum Gasteiger partial charge on any atom is -0.359 e. The first kappa shape index (κ1) is 11.7. The molecule has 3 heteroatoms. The molecule has 1 aromatic heterocycles. The van der Waals surface area contributed by atoms with Crippen LogP contribution in [0.5, 0.6) is 0 Å². The summed E-state index contributed by atoms with van der Waals surface area (Å²) in [6, 6.07) is 1.91. The molecular weight excluding hydrogens is 188 g/mol. The zero-order valence-electron chi connectivity index (χ0n) is 9.79. The van der Waals surface area contributed by atoms with Gasteiger partial charge < -0.3 is 5.32 Å². The fourth-order valence-corrected chi connectivity index (χ4v) is 1.51. The van der Waals surface area contributed by atoms with E-state index in [4.69, 9.17) is 0 Å². The van der Waals surface area contributed by atoms with Crippen molar-refractivity contribution in [1.82, 2.24) is 10.3 Å². The highest BCUT2D eigenvalue weighted by Gasteiger charge is 2.18. The third kappa shape index (κ3) is 3.05. The molecule has 1 rings (SSSR count). The summed E-state index contributed by atoms with van der Waals surface area (Å²) in [6.07, 6.45) is 4.00. The Bertz CT molecular complexity index is 353. The summed E-state index contributed by atoms with van der Waals surface area (Å²) in [6.45, 7) is 6.37. The maximum Gasteiger partial charge on any atom is 0.224 e. The molecule has 0 saturated carbocycles. The molecular formula is C12H18N2O. The van der Waals surface area contributed by atoms with E-state index in [0.717, 1.165) is 11.1 Å². The second kappa shape index (κ2) is 4.43. The molecule has 0 unspecified atom stereocenters. The molecule has 1 heterocycles. The minimum absolute atomic E-state index is 0.0254.